The lowest BCUT2D eigenvalue weighted by atomic mass is 10.1. The molecular formula is C10H10N8O5. The fourth-order valence-corrected chi connectivity index (χ4v) is 1.57. The molecule has 2 aromatic rings. The summed E-state index contributed by atoms with van der Waals surface area (Å²) in [5.41, 5.74) is 0.798. The highest BCUT2D eigenvalue weighted by atomic mass is 16.6. The molecule has 0 unspecified atom stereocenters. The van der Waals surface area contributed by atoms with Gasteiger partial charge in [-0.2, -0.15) is 5.10 Å². The largest absolute Gasteiger partial charge is 0.502 e. The molecule has 1 aromatic carbocycles. The van der Waals surface area contributed by atoms with E-state index in [1.54, 1.807) is 6.92 Å². The van der Waals surface area contributed by atoms with Crippen molar-refractivity contribution in [3.05, 3.63) is 43.7 Å². The highest BCUT2D eigenvalue weighted by Gasteiger charge is 2.23. The fourth-order valence-electron chi connectivity index (χ4n) is 1.57. The van der Waals surface area contributed by atoms with Crippen LogP contribution >= 0.6 is 0 Å². The third-order valence-corrected chi connectivity index (χ3v) is 2.75. The molecule has 0 saturated heterocycles. The van der Waals surface area contributed by atoms with Gasteiger partial charge in [-0.25, -0.2) is 10.1 Å². The average molecular weight is 322 g/mol. The van der Waals surface area contributed by atoms with Gasteiger partial charge in [0.05, 0.1) is 27.7 Å². The second-order valence-electron chi connectivity index (χ2n) is 4.23. The zero-order valence-electron chi connectivity index (χ0n) is 11.6. The first-order chi connectivity index (χ1) is 10.8. The molecule has 0 bridgehead atoms. The predicted molar refractivity (Wildman–Crippen MR) is 77.5 cm³/mol. The Hall–Kier alpha value is -3.77. The molecule has 0 aliphatic rings. The first kappa shape index (κ1) is 15.6. The van der Waals surface area contributed by atoms with Gasteiger partial charge in [0, 0.05) is 6.07 Å². The summed E-state index contributed by atoms with van der Waals surface area (Å²) in [5, 5.41) is 42.3. The van der Waals surface area contributed by atoms with Crippen molar-refractivity contribution in [3.8, 4) is 5.75 Å². The van der Waals surface area contributed by atoms with Gasteiger partial charge in [0.25, 0.3) is 11.6 Å². The van der Waals surface area contributed by atoms with E-state index in [1.165, 1.54) is 0 Å². The number of hydrazone groups is 1. The Kier molecular flexibility index (Phi) is 4.02. The molecule has 4 N–H and O–H groups in total. The standard InChI is InChI=1S/C10H10N8O5/c1-5-13-15-10(16(5)11)14-12-4-6-2-7(17(20)21)3-8(9(6)19)18(22)23/h2-4,19H,11H2,1H3,(H,14,15). The molecule has 0 aliphatic carbocycles. The minimum atomic E-state index is -0.938. The summed E-state index contributed by atoms with van der Waals surface area (Å²) in [4.78, 5) is 19.8. The molecule has 0 fully saturated rings. The van der Waals surface area contributed by atoms with E-state index in [0.717, 1.165) is 17.0 Å². The number of aromatic nitrogens is 3. The van der Waals surface area contributed by atoms with Gasteiger partial charge in [0.15, 0.2) is 5.82 Å². The molecule has 120 valence electrons. The second-order valence-corrected chi connectivity index (χ2v) is 4.23. The zero-order valence-corrected chi connectivity index (χ0v) is 11.6. The molecule has 0 aliphatic heterocycles. The number of anilines is 1. The summed E-state index contributed by atoms with van der Waals surface area (Å²) in [7, 11) is 0. The highest BCUT2D eigenvalue weighted by molar-refractivity contribution is 5.87. The number of nitro benzene ring substituents is 2. The lowest BCUT2D eigenvalue weighted by Gasteiger charge is -2.02. The van der Waals surface area contributed by atoms with Crippen molar-refractivity contribution in [1.82, 2.24) is 14.9 Å². The summed E-state index contributed by atoms with van der Waals surface area (Å²) in [6.07, 6.45) is 0.958. The zero-order chi connectivity index (χ0) is 17.1. The van der Waals surface area contributed by atoms with Crippen LogP contribution in [0.5, 0.6) is 5.75 Å². The Labute approximate surface area is 127 Å². The summed E-state index contributed by atoms with van der Waals surface area (Å²) in [6.45, 7) is 1.59. The van der Waals surface area contributed by atoms with Crippen LogP contribution in [0.15, 0.2) is 17.2 Å². The molecule has 0 amide bonds. The molecule has 0 atom stereocenters. The van der Waals surface area contributed by atoms with Crippen molar-refractivity contribution >= 4 is 23.5 Å². The van der Waals surface area contributed by atoms with Crippen LogP contribution in [-0.4, -0.2) is 36.0 Å². The van der Waals surface area contributed by atoms with E-state index in [4.69, 9.17) is 5.84 Å². The van der Waals surface area contributed by atoms with Crippen molar-refractivity contribution in [2.24, 2.45) is 5.10 Å². The van der Waals surface area contributed by atoms with Gasteiger partial charge in [-0.1, -0.05) is 0 Å². The van der Waals surface area contributed by atoms with Crippen molar-refractivity contribution in [2.75, 3.05) is 11.3 Å². The third kappa shape index (κ3) is 3.12. The molecule has 1 aromatic heterocycles. The van der Waals surface area contributed by atoms with Gasteiger partial charge in [-0.15, -0.1) is 10.2 Å². The highest BCUT2D eigenvalue weighted by Crippen LogP contribution is 2.33. The fraction of sp³-hybridized carbons (Fsp3) is 0.100. The molecule has 23 heavy (non-hydrogen) atoms. The van der Waals surface area contributed by atoms with Crippen LogP contribution in [0.4, 0.5) is 17.3 Å². The van der Waals surface area contributed by atoms with Crippen LogP contribution in [0.2, 0.25) is 0 Å². The number of rotatable bonds is 5. The normalized spacial score (nSPS) is 10.8. The van der Waals surface area contributed by atoms with Gasteiger partial charge in [-0.05, 0) is 6.92 Å². The molecular weight excluding hydrogens is 312 g/mol. The van der Waals surface area contributed by atoms with Crippen LogP contribution in [-0.2, 0) is 0 Å². The quantitative estimate of drug-likeness (QED) is 0.300. The van der Waals surface area contributed by atoms with Gasteiger partial charge in [-0.3, -0.25) is 20.2 Å². The van der Waals surface area contributed by atoms with Crippen molar-refractivity contribution in [1.29, 1.82) is 0 Å². The SMILES string of the molecule is Cc1nnc(NN=Cc2cc([N+](=O)[O-])cc([N+](=O)[O-])c2O)n1N. The van der Waals surface area contributed by atoms with Crippen LogP contribution in [0, 0.1) is 27.2 Å². The summed E-state index contributed by atoms with van der Waals surface area (Å²) in [6, 6.07) is 1.59. The molecule has 0 spiro atoms. The van der Waals surface area contributed by atoms with Crippen LogP contribution in [0.25, 0.3) is 0 Å². The number of non-ortho nitro benzene ring substituents is 1. The molecule has 13 nitrogen and oxygen atoms in total. The number of phenolic OH excluding ortho intramolecular Hbond substituents is 1. The van der Waals surface area contributed by atoms with Crippen LogP contribution < -0.4 is 11.3 Å². The Morgan fingerprint density at radius 2 is 2.04 bits per heavy atom. The maximum absolute atomic E-state index is 10.8. The minimum Gasteiger partial charge on any atom is -0.502 e. The van der Waals surface area contributed by atoms with E-state index in [9.17, 15) is 25.3 Å². The number of aryl methyl sites for hydroxylation is 1. The monoisotopic (exact) mass is 322 g/mol. The Balaban J connectivity index is 2.34. The number of nitro groups is 2. The van der Waals surface area contributed by atoms with E-state index in [1.807, 2.05) is 0 Å². The van der Waals surface area contributed by atoms with E-state index in [0.29, 0.717) is 11.9 Å². The smallest absolute Gasteiger partial charge is 0.318 e. The Bertz CT molecular complexity index is 814. The number of hydrogen-bond donors (Lipinski definition) is 3. The number of nitrogens with two attached hydrogens (primary N) is 1. The van der Waals surface area contributed by atoms with E-state index < -0.39 is 27.0 Å². The number of hydrogen-bond acceptors (Lipinski definition) is 10. The molecule has 1 heterocycles. The molecule has 0 saturated carbocycles. The second kappa shape index (κ2) is 5.92. The lowest BCUT2D eigenvalue weighted by molar-refractivity contribution is -0.394. The van der Waals surface area contributed by atoms with Crippen LogP contribution in [0.3, 0.4) is 0 Å². The molecule has 2 rings (SSSR count). The maximum atomic E-state index is 10.8. The predicted octanol–water partition coefficient (Wildman–Crippen LogP) is 0.268. The first-order valence-corrected chi connectivity index (χ1v) is 5.93. The Morgan fingerprint density at radius 3 is 2.57 bits per heavy atom. The van der Waals surface area contributed by atoms with Gasteiger partial charge >= 0.3 is 5.69 Å². The average Bonchev–Trinajstić information content (AvgIpc) is 2.80. The van der Waals surface area contributed by atoms with Gasteiger partial charge < -0.3 is 10.9 Å². The summed E-state index contributed by atoms with van der Waals surface area (Å²) >= 11 is 0. The third-order valence-electron chi connectivity index (χ3n) is 2.75. The van der Waals surface area contributed by atoms with Crippen molar-refractivity contribution in [3.63, 3.8) is 0 Å². The van der Waals surface area contributed by atoms with Gasteiger partial charge in [0.1, 0.15) is 0 Å². The van der Waals surface area contributed by atoms with Crippen molar-refractivity contribution in [2.45, 2.75) is 6.92 Å². The van der Waals surface area contributed by atoms with Gasteiger partial charge in [0.2, 0.25) is 5.75 Å². The molecule has 13 heteroatoms. The van der Waals surface area contributed by atoms with Crippen LogP contribution in [0.1, 0.15) is 11.4 Å². The van der Waals surface area contributed by atoms with Crippen molar-refractivity contribution < 1.29 is 15.0 Å². The van der Waals surface area contributed by atoms with E-state index in [-0.39, 0.29) is 11.5 Å². The minimum absolute atomic E-state index is 0.0678. The number of benzene rings is 1. The number of nitrogen functional groups attached to an aromatic ring is 1. The number of aromatic hydroxyl groups is 1. The van der Waals surface area contributed by atoms with E-state index >= 15 is 0 Å². The summed E-state index contributed by atoms with van der Waals surface area (Å²) in [5.74, 6) is 5.28. The summed E-state index contributed by atoms with van der Waals surface area (Å²) < 4.78 is 1.09. The number of nitrogens with zero attached hydrogens (tertiary/aromatic N) is 6. The molecule has 0 radical (unpaired) electrons. The first-order valence-electron chi connectivity index (χ1n) is 5.93. The Morgan fingerprint density at radius 1 is 1.35 bits per heavy atom. The number of nitrogens with one attached hydrogen (secondary N) is 1. The topological polar surface area (TPSA) is 188 Å². The van der Waals surface area contributed by atoms with E-state index in [2.05, 4.69) is 20.7 Å². The number of phenols is 1. The maximum Gasteiger partial charge on any atom is 0.318 e. The lowest BCUT2D eigenvalue weighted by Crippen LogP contribution is -2.13.